The van der Waals surface area contributed by atoms with Gasteiger partial charge in [0.05, 0.1) is 24.6 Å². The number of hydrogen-bond acceptors (Lipinski definition) is 5. The number of hydrogen-bond donors (Lipinski definition) is 2. The molecule has 0 atom stereocenters. The van der Waals surface area contributed by atoms with Gasteiger partial charge in [-0.1, -0.05) is 12.2 Å². The Balaban J connectivity index is 2.39. The molecule has 0 saturated carbocycles. The highest BCUT2D eigenvalue weighted by Crippen LogP contribution is 2.23. The van der Waals surface area contributed by atoms with Gasteiger partial charge in [0.2, 0.25) is 5.88 Å². The van der Waals surface area contributed by atoms with E-state index < -0.39 is 0 Å². The highest BCUT2D eigenvalue weighted by Gasteiger charge is 2.11. The number of methoxy groups -OCH3 is 1. The van der Waals surface area contributed by atoms with Crippen LogP contribution in [0.3, 0.4) is 0 Å². The lowest BCUT2D eigenvalue weighted by Crippen LogP contribution is -2.15. The van der Waals surface area contributed by atoms with Crippen LogP contribution >= 0.6 is 12.2 Å². The summed E-state index contributed by atoms with van der Waals surface area (Å²) in [5.74, 6) is 1.19. The van der Waals surface area contributed by atoms with E-state index in [1.165, 1.54) is 0 Å². The van der Waals surface area contributed by atoms with Crippen molar-refractivity contribution < 1.29 is 4.74 Å². The molecule has 0 aliphatic heterocycles. The number of aromatic nitrogens is 2. The average Bonchev–Trinajstić information content (AvgIpc) is 2.38. The first-order chi connectivity index (χ1) is 9.51. The largest absolute Gasteiger partial charge is 0.481 e. The van der Waals surface area contributed by atoms with Crippen molar-refractivity contribution in [3.63, 3.8) is 0 Å². The third kappa shape index (κ3) is 3.03. The maximum atomic E-state index is 5.78. The van der Waals surface area contributed by atoms with E-state index in [4.69, 9.17) is 22.7 Å². The summed E-state index contributed by atoms with van der Waals surface area (Å²) in [5.41, 5.74) is 9.21. The van der Waals surface area contributed by atoms with E-state index in [9.17, 15) is 0 Å². The first-order valence-corrected chi connectivity index (χ1v) is 6.47. The monoisotopic (exact) mass is 288 g/mol. The van der Waals surface area contributed by atoms with E-state index in [2.05, 4.69) is 15.3 Å². The van der Waals surface area contributed by atoms with Gasteiger partial charge in [0.25, 0.3) is 0 Å². The van der Waals surface area contributed by atoms with Gasteiger partial charge in [0, 0.05) is 11.8 Å². The van der Waals surface area contributed by atoms with E-state index in [0.29, 0.717) is 16.7 Å². The molecule has 2 aromatic heterocycles. The molecule has 20 heavy (non-hydrogen) atoms. The second-order valence-electron chi connectivity index (χ2n) is 4.38. The molecule has 0 unspecified atom stereocenters. The predicted molar refractivity (Wildman–Crippen MR) is 83.7 cm³/mol. The number of rotatable bonds is 4. The second kappa shape index (κ2) is 5.83. The molecule has 0 saturated heterocycles. The Morgan fingerprint density at radius 1 is 1.35 bits per heavy atom. The van der Waals surface area contributed by atoms with Gasteiger partial charge in [0.15, 0.2) is 0 Å². The molecular weight excluding hydrogens is 272 g/mol. The molecule has 0 radical (unpaired) electrons. The molecular formula is C14H16N4OS. The Bertz CT molecular complexity index is 640. The number of nitrogens with one attached hydrogen (secondary N) is 1. The minimum Gasteiger partial charge on any atom is -0.481 e. The van der Waals surface area contributed by atoms with Gasteiger partial charge < -0.3 is 15.8 Å². The molecule has 0 aliphatic carbocycles. The van der Waals surface area contributed by atoms with Gasteiger partial charge >= 0.3 is 0 Å². The van der Waals surface area contributed by atoms with Crippen LogP contribution in [0.15, 0.2) is 24.4 Å². The van der Waals surface area contributed by atoms with E-state index in [-0.39, 0.29) is 0 Å². The Morgan fingerprint density at radius 3 is 2.65 bits per heavy atom. The summed E-state index contributed by atoms with van der Waals surface area (Å²) in [4.78, 5) is 8.91. The quantitative estimate of drug-likeness (QED) is 0.842. The Morgan fingerprint density at radius 2 is 2.10 bits per heavy atom. The van der Waals surface area contributed by atoms with Crippen LogP contribution in [-0.4, -0.2) is 22.1 Å². The van der Waals surface area contributed by atoms with Gasteiger partial charge in [-0.2, -0.15) is 0 Å². The van der Waals surface area contributed by atoms with Crippen molar-refractivity contribution in [3.05, 3.63) is 41.2 Å². The van der Waals surface area contributed by atoms with Crippen molar-refractivity contribution in [2.45, 2.75) is 13.8 Å². The summed E-state index contributed by atoms with van der Waals surface area (Å²) in [6.45, 7) is 3.88. The highest BCUT2D eigenvalue weighted by molar-refractivity contribution is 7.80. The minimum atomic E-state index is 0.318. The van der Waals surface area contributed by atoms with Gasteiger partial charge in [-0.05, 0) is 31.5 Å². The van der Waals surface area contributed by atoms with Crippen LogP contribution < -0.4 is 15.8 Å². The zero-order valence-corrected chi connectivity index (χ0v) is 12.4. The number of thiocarbonyl (C=S) groups is 1. The van der Waals surface area contributed by atoms with Gasteiger partial charge in [-0.3, -0.25) is 0 Å². The number of nitrogens with two attached hydrogens (primary N) is 1. The summed E-state index contributed by atoms with van der Waals surface area (Å²) in [6, 6.07) is 5.58. The molecule has 2 heterocycles. The maximum absolute atomic E-state index is 5.78. The third-order valence-corrected chi connectivity index (χ3v) is 3.00. The van der Waals surface area contributed by atoms with Crippen LogP contribution in [0.1, 0.15) is 16.8 Å². The van der Waals surface area contributed by atoms with Crippen LogP contribution in [0.4, 0.5) is 11.5 Å². The fourth-order valence-electron chi connectivity index (χ4n) is 1.95. The molecule has 6 heteroatoms. The van der Waals surface area contributed by atoms with Gasteiger partial charge in [0.1, 0.15) is 10.8 Å². The molecule has 104 valence electrons. The molecule has 5 nitrogen and oxygen atoms in total. The zero-order chi connectivity index (χ0) is 14.7. The summed E-state index contributed by atoms with van der Waals surface area (Å²) >= 11 is 5.10. The summed E-state index contributed by atoms with van der Waals surface area (Å²) in [5, 5.41) is 3.19. The smallest absolute Gasteiger partial charge is 0.213 e. The average molecular weight is 288 g/mol. The molecule has 2 rings (SSSR count). The lowest BCUT2D eigenvalue weighted by molar-refractivity contribution is 0.398. The first kappa shape index (κ1) is 14.2. The Labute approximate surface area is 123 Å². The van der Waals surface area contributed by atoms with Crippen molar-refractivity contribution in [3.8, 4) is 5.88 Å². The first-order valence-electron chi connectivity index (χ1n) is 6.06. The fraction of sp³-hybridized carbons (Fsp3) is 0.214. The van der Waals surface area contributed by atoms with Gasteiger partial charge in [-0.25, -0.2) is 9.97 Å². The number of pyridine rings is 2. The Kier molecular flexibility index (Phi) is 4.14. The Hall–Kier alpha value is -2.21. The summed E-state index contributed by atoms with van der Waals surface area (Å²) in [7, 11) is 1.58. The van der Waals surface area contributed by atoms with E-state index in [0.717, 1.165) is 22.5 Å². The highest BCUT2D eigenvalue weighted by atomic mass is 32.1. The molecule has 3 N–H and O–H groups in total. The van der Waals surface area contributed by atoms with Crippen LogP contribution in [0.2, 0.25) is 0 Å². The SMILES string of the molecule is COc1ccc(Nc2nc(C)cc(C)c2C(N)=S)cn1. The maximum Gasteiger partial charge on any atom is 0.213 e. The number of nitrogens with zero attached hydrogens (tertiary/aromatic N) is 2. The van der Waals surface area contributed by atoms with Crippen molar-refractivity contribution in [1.29, 1.82) is 0 Å². The molecule has 0 spiro atoms. The molecule has 2 aromatic rings. The molecule has 0 bridgehead atoms. The topological polar surface area (TPSA) is 73.1 Å². The van der Waals surface area contributed by atoms with Crippen molar-refractivity contribution in [2.24, 2.45) is 5.73 Å². The molecule has 0 aromatic carbocycles. The normalized spacial score (nSPS) is 10.2. The lowest BCUT2D eigenvalue weighted by atomic mass is 10.1. The second-order valence-corrected chi connectivity index (χ2v) is 4.82. The van der Waals surface area contributed by atoms with Crippen molar-refractivity contribution >= 4 is 28.7 Å². The number of ether oxygens (including phenoxy) is 1. The number of aryl methyl sites for hydroxylation is 2. The molecule has 0 amide bonds. The predicted octanol–water partition coefficient (Wildman–Crippen LogP) is 2.48. The summed E-state index contributed by atoms with van der Waals surface area (Å²) in [6.07, 6.45) is 1.67. The van der Waals surface area contributed by atoms with Crippen LogP contribution in [0.25, 0.3) is 0 Å². The van der Waals surface area contributed by atoms with Crippen LogP contribution in [0, 0.1) is 13.8 Å². The van der Waals surface area contributed by atoms with Gasteiger partial charge in [-0.15, -0.1) is 0 Å². The number of anilines is 2. The fourth-order valence-corrected chi connectivity index (χ4v) is 2.21. The van der Waals surface area contributed by atoms with Crippen LogP contribution in [0.5, 0.6) is 5.88 Å². The van der Waals surface area contributed by atoms with E-state index >= 15 is 0 Å². The molecule has 0 fully saturated rings. The zero-order valence-electron chi connectivity index (χ0n) is 11.6. The standard InChI is InChI=1S/C14H16N4OS/c1-8-6-9(2)17-14(12(8)13(15)20)18-10-4-5-11(19-3)16-7-10/h4-7H,1-3H3,(H2,15,20)(H,17,18). The van der Waals surface area contributed by atoms with Crippen molar-refractivity contribution in [2.75, 3.05) is 12.4 Å². The summed E-state index contributed by atoms with van der Waals surface area (Å²) < 4.78 is 5.02. The van der Waals surface area contributed by atoms with Crippen molar-refractivity contribution in [1.82, 2.24) is 9.97 Å². The lowest BCUT2D eigenvalue weighted by Gasteiger charge is -2.13. The molecule has 0 aliphatic rings. The van der Waals surface area contributed by atoms with E-state index in [1.807, 2.05) is 26.0 Å². The minimum absolute atomic E-state index is 0.318. The van der Waals surface area contributed by atoms with Crippen LogP contribution in [-0.2, 0) is 0 Å². The third-order valence-electron chi connectivity index (χ3n) is 2.80. The van der Waals surface area contributed by atoms with E-state index in [1.54, 1.807) is 19.4 Å².